The molecule has 0 saturated carbocycles. The molecule has 0 radical (unpaired) electrons. The lowest BCUT2D eigenvalue weighted by atomic mass is 10.3. The fourth-order valence-electron chi connectivity index (χ4n) is 1.46. The maximum absolute atomic E-state index is 10.8. The SMILES string of the molecule is N#CCn1nnc(C=O)c1COc1ccc(Cl)cc1. The third-order valence-electron chi connectivity index (χ3n) is 2.39. The predicted octanol–water partition coefficient (Wildman–Crippen LogP) is 1.85. The number of aldehydes is 1. The molecule has 2 aromatic rings. The molecule has 1 aromatic carbocycles. The van der Waals surface area contributed by atoms with Gasteiger partial charge in [0.05, 0.1) is 6.07 Å². The summed E-state index contributed by atoms with van der Waals surface area (Å²) >= 11 is 5.76. The van der Waals surface area contributed by atoms with Crippen LogP contribution in [0.25, 0.3) is 0 Å². The minimum atomic E-state index is 0.0140. The Morgan fingerprint density at radius 2 is 2.16 bits per heavy atom. The van der Waals surface area contributed by atoms with Crippen LogP contribution in [-0.2, 0) is 13.2 Å². The van der Waals surface area contributed by atoms with Crippen LogP contribution in [0.4, 0.5) is 0 Å². The average molecular weight is 277 g/mol. The first-order valence-corrected chi connectivity index (χ1v) is 5.75. The van der Waals surface area contributed by atoms with E-state index in [2.05, 4.69) is 10.3 Å². The van der Waals surface area contributed by atoms with E-state index in [1.54, 1.807) is 24.3 Å². The monoisotopic (exact) mass is 276 g/mol. The van der Waals surface area contributed by atoms with Crippen LogP contribution in [0, 0.1) is 11.3 Å². The number of hydrogen-bond acceptors (Lipinski definition) is 5. The predicted molar refractivity (Wildman–Crippen MR) is 66.8 cm³/mol. The lowest BCUT2D eigenvalue weighted by Gasteiger charge is -2.07. The summed E-state index contributed by atoms with van der Waals surface area (Å²) in [5.41, 5.74) is 0.635. The molecular formula is C12H9ClN4O2. The van der Waals surface area contributed by atoms with Gasteiger partial charge in [0.25, 0.3) is 0 Å². The molecule has 19 heavy (non-hydrogen) atoms. The zero-order valence-electron chi connectivity index (χ0n) is 9.78. The Bertz CT molecular complexity index is 616. The molecule has 0 spiro atoms. The number of benzene rings is 1. The summed E-state index contributed by atoms with van der Waals surface area (Å²) in [6, 6.07) is 8.75. The van der Waals surface area contributed by atoms with Gasteiger partial charge in [0.15, 0.2) is 12.0 Å². The van der Waals surface area contributed by atoms with Gasteiger partial charge < -0.3 is 4.74 Å². The molecule has 1 heterocycles. The molecule has 0 bridgehead atoms. The van der Waals surface area contributed by atoms with E-state index in [9.17, 15) is 4.79 Å². The van der Waals surface area contributed by atoms with Gasteiger partial charge in [-0.15, -0.1) is 5.10 Å². The Balaban J connectivity index is 2.14. The molecule has 0 aliphatic rings. The Hall–Kier alpha value is -2.39. The van der Waals surface area contributed by atoms with E-state index in [1.807, 2.05) is 6.07 Å². The van der Waals surface area contributed by atoms with Gasteiger partial charge in [-0.1, -0.05) is 16.8 Å². The number of halogens is 1. The molecule has 0 unspecified atom stereocenters. The molecular weight excluding hydrogens is 268 g/mol. The number of nitriles is 1. The van der Waals surface area contributed by atoms with E-state index in [4.69, 9.17) is 21.6 Å². The normalized spacial score (nSPS) is 9.89. The van der Waals surface area contributed by atoms with Crippen LogP contribution in [0.2, 0.25) is 5.02 Å². The van der Waals surface area contributed by atoms with Gasteiger partial charge in [-0.3, -0.25) is 4.79 Å². The first-order chi connectivity index (χ1) is 9.24. The third-order valence-corrected chi connectivity index (χ3v) is 2.64. The Kier molecular flexibility index (Phi) is 4.11. The van der Waals surface area contributed by atoms with E-state index >= 15 is 0 Å². The van der Waals surface area contributed by atoms with Crippen molar-refractivity contribution in [2.24, 2.45) is 0 Å². The van der Waals surface area contributed by atoms with E-state index < -0.39 is 0 Å². The van der Waals surface area contributed by atoms with Crippen LogP contribution in [0.1, 0.15) is 16.2 Å². The number of nitrogens with zero attached hydrogens (tertiary/aromatic N) is 4. The van der Waals surface area contributed by atoms with Crippen LogP contribution < -0.4 is 4.74 Å². The van der Waals surface area contributed by atoms with Gasteiger partial charge in [-0.05, 0) is 24.3 Å². The van der Waals surface area contributed by atoms with Crippen LogP contribution in [0.15, 0.2) is 24.3 Å². The summed E-state index contributed by atoms with van der Waals surface area (Å²) in [6.07, 6.45) is 0.585. The first-order valence-electron chi connectivity index (χ1n) is 5.37. The lowest BCUT2D eigenvalue weighted by Crippen LogP contribution is -2.08. The maximum atomic E-state index is 10.8. The molecule has 0 N–H and O–H groups in total. The number of carbonyl (C=O) groups is 1. The maximum Gasteiger partial charge on any atom is 0.172 e. The topological polar surface area (TPSA) is 80.8 Å². The van der Waals surface area contributed by atoms with E-state index in [1.165, 1.54) is 4.68 Å². The zero-order chi connectivity index (χ0) is 13.7. The molecule has 0 amide bonds. The molecule has 7 heteroatoms. The lowest BCUT2D eigenvalue weighted by molar-refractivity contribution is 0.111. The second kappa shape index (κ2) is 5.98. The average Bonchev–Trinajstić information content (AvgIpc) is 2.81. The van der Waals surface area contributed by atoms with Gasteiger partial charge in [0, 0.05) is 5.02 Å². The van der Waals surface area contributed by atoms with E-state index in [0.29, 0.717) is 22.8 Å². The number of rotatable bonds is 5. The Morgan fingerprint density at radius 3 is 2.79 bits per heavy atom. The van der Waals surface area contributed by atoms with Crippen LogP contribution in [0.5, 0.6) is 5.75 Å². The number of hydrogen-bond donors (Lipinski definition) is 0. The van der Waals surface area contributed by atoms with Crippen molar-refractivity contribution in [2.45, 2.75) is 13.2 Å². The fourth-order valence-corrected chi connectivity index (χ4v) is 1.59. The van der Waals surface area contributed by atoms with Crippen LogP contribution >= 0.6 is 11.6 Å². The molecule has 96 valence electrons. The quantitative estimate of drug-likeness (QED) is 0.779. The highest BCUT2D eigenvalue weighted by molar-refractivity contribution is 6.30. The molecule has 6 nitrogen and oxygen atoms in total. The molecule has 0 fully saturated rings. The minimum Gasteiger partial charge on any atom is -0.487 e. The molecule has 2 rings (SSSR count). The number of ether oxygens (including phenoxy) is 1. The van der Waals surface area contributed by atoms with Crippen molar-refractivity contribution in [3.63, 3.8) is 0 Å². The Morgan fingerprint density at radius 1 is 1.42 bits per heavy atom. The van der Waals surface area contributed by atoms with Crippen molar-refractivity contribution >= 4 is 17.9 Å². The standard InChI is InChI=1S/C12H9ClN4O2/c13-9-1-3-10(4-2-9)19-8-12-11(7-18)15-16-17(12)6-5-14/h1-4,7H,6,8H2. The van der Waals surface area contributed by atoms with Crippen LogP contribution in [0.3, 0.4) is 0 Å². The summed E-state index contributed by atoms with van der Waals surface area (Å²) in [7, 11) is 0. The van der Waals surface area contributed by atoms with E-state index in [-0.39, 0.29) is 18.8 Å². The highest BCUT2D eigenvalue weighted by atomic mass is 35.5. The van der Waals surface area contributed by atoms with E-state index in [0.717, 1.165) is 0 Å². The van der Waals surface area contributed by atoms with Crippen molar-refractivity contribution in [1.82, 2.24) is 15.0 Å². The van der Waals surface area contributed by atoms with Gasteiger partial charge in [0.1, 0.15) is 24.6 Å². The second-order valence-corrected chi connectivity index (χ2v) is 4.03. The van der Waals surface area contributed by atoms with Crippen molar-refractivity contribution in [3.8, 4) is 11.8 Å². The highest BCUT2D eigenvalue weighted by Gasteiger charge is 2.12. The molecule has 1 aromatic heterocycles. The molecule has 0 saturated heterocycles. The van der Waals surface area contributed by atoms with Gasteiger partial charge in [-0.25, -0.2) is 4.68 Å². The van der Waals surface area contributed by atoms with Gasteiger partial charge in [0.2, 0.25) is 0 Å². The fraction of sp³-hybridized carbons (Fsp3) is 0.167. The number of carbonyl (C=O) groups excluding carboxylic acids is 1. The summed E-state index contributed by atoms with van der Waals surface area (Å²) in [5, 5.41) is 16.7. The highest BCUT2D eigenvalue weighted by Crippen LogP contribution is 2.17. The van der Waals surface area contributed by atoms with Crippen molar-refractivity contribution in [2.75, 3.05) is 0 Å². The number of aromatic nitrogens is 3. The summed E-state index contributed by atoms with van der Waals surface area (Å²) in [4.78, 5) is 10.8. The van der Waals surface area contributed by atoms with Gasteiger partial charge >= 0.3 is 0 Å². The minimum absolute atomic E-state index is 0.0140. The second-order valence-electron chi connectivity index (χ2n) is 3.60. The van der Waals surface area contributed by atoms with Crippen molar-refractivity contribution in [1.29, 1.82) is 5.26 Å². The Labute approximate surface area is 114 Å². The molecule has 0 atom stereocenters. The summed E-state index contributed by atoms with van der Waals surface area (Å²) in [6.45, 7) is 0.116. The van der Waals surface area contributed by atoms with Crippen LogP contribution in [-0.4, -0.2) is 21.3 Å². The molecule has 0 aliphatic heterocycles. The third kappa shape index (κ3) is 3.09. The summed E-state index contributed by atoms with van der Waals surface area (Å²) in [5.74, 6) is 0.603. The van der Waals surface area contributed by atoms with Crippen molar-refractivity contribution < 1.29 is 9.53 Å². The largest absolute Gasteiger partial charge is 0.487 e. The first kappa shape index (κ1) is 13.1. The van der Waals surface area contributed by atoms with Crippen molar-refractivity contribution in [3.05, 3.63) is 40.7 Å². The molecule has 0 aliphatic carbocycles. The zero-order valence-corrected chi connectivity index (χ0v) is 10.5. The summed E-state index contributed by atoms with van der Waals surface area (Å²) < 4.78 is 6.84. The smallest absolute Gasteiger partial charge is 0.172 e. The van der Waals surface area contributed by atoms with Gasteiger partial charge in [-0.2, -0.15) is 5.26 Å².